The third-order valence-corrected chi connectivity index (χ3v) is 8.01. The van der Waals surface area contributed by atoms with Gasteiger partial charge in [-0.25, -0.2) is 19.3 Å². The quantitative estimate of drug-likeness (QED) is 0.225. The first-order valence-corrected chi connectivity index (χ1v) is 14.4. The molecular formula is C29H27ClF4N10O2. The molecule has 4 aromatic heterocycles. The molecule has 6 rings (SSSR count). The molecule has 0 spiro atoms. The average molecular weight is 659 g/mol. The molecule has 17 heteroatoms. The maximum atomic E-state index is 16.8. The normalized spacial score (nSPS) is 13.9. The number of nitrogens with zero attached hydrogens (tertiary/aromatic N) is 8. The zero-order chi connectivity index (χ0) is 32.9. The Bertz CT molecular complexity index is 1970. The first-order chi connectivity index (χ1) is 21.9. The molecule has 0 bridgehead atoms. The number of aromatic nitrogens is 7. The van der Waals surface area contributed by atoms with E-state index in [0.717, 1.165) is 6.07 Å². The van der Waals surface area contributed by atoms with Gasteiger partial charge in [-0.3, -0.25) is 4.98 Å². The van der Waals surface area contributed by atoms with Crippen molar-refractivity contribution in [3.8, 4) is 23.0 Å². The molecule has 240 valence electrons. The monoisotopic (exact) mass is 658 g/mol. The minimum absolute atomic E-state index is 0.0173. The topological polar surface area (TPSA) is 156 Å². The molecule has 1 atom stereocenters. The Morgan fingerprint density at radius 2 is 1.87 bits per heavy atom. The molecule has 0 radical (unpaired) electrons. The molecule has 0 fully saturated rings. The number of halogens is 5. The van der Waals surface area contributed by atoms with Crippen LogP contribution in [0.15, 0.2) is 30.9 Å². The van der Waals surface area contributed by atoms with Crippen LogP contribution in [0.25, 0.3) is 22.2 Å². The summed E-state index contributed by atoms with van der Waals surface area (Å²) in [5.74, 6) is -0.556. The lowest BCUT2D eigenvalue weighted by Crippen LogP contribution is -2.32. The summed E-state index contributed by atoms with van der Waals surface area (Å²) in [5.41, 5.74) is 9.06. The van der Waals surface area contributed by atoms with E-state index in [9.17, 15) is 13.2 Å². The van der Waals surface area contributed by atoms with Gasteiger partial charge < -0.3 is 30.4 Å². The fraction of sp³-hybridized carbons (Fsp3) is 0.310. The molecule has 12 nitrogen and oxygen atoms in total. The molecule has 0 aliphatic carbocycles. The van der Waals surface area contributed by atoms with Gasteiger partial charge in [0.15, 0.2) is 11.6 Å². The van der Waals surface area contributed by atoms with E-state index >= 15 is 4.39 Å². The number of benzene rings is 1. The number of nitrogens with two attached hydrogens (primary N) is 2. The maximum absolute atomic E-state index is 16.8. The molecule has 5 aromatic rings. The molecule has 1 aliphatic heterocycles. The third kappa shape index (κ3) is 5.42. The van der Waals surface area contributed by atoms with Crippen molar-refractivity contribution in [2.75, 3.05) is 36.1 Å². The summed E-state index contributed by atoms with van der Waals surface area (Å²) in [6.07, 6.45) is 1.78. The number of nitrogen functional groups attached to an aromatic ring is 2. The van der Waals surface area contributed by atoms with Crippen molar-refractivity contribution in [1.82, 2.24) is 34.5 Å². The lowest BCUT2D eigenvalue weighted by Gasteiger charge is -2.29. The Labute approximate surface area is 264 Å². The number of aryl methyl sites for hydroxylation is 2. The third-order valence-electron chi connectivity index (χ3n) is 7.65. The van der Waals surface area contributed by atoms with Crippen molar-refractivity contribution in [3.63, 3.8) is 0 Å². The highest BCUT2D eigenvalue weighted by Gasteiger charge is 2.40. The van der Waals surface area contributed by atoms with Crippen LogP contribution in [-0.4, -0.2) is 54.2 Å². The number of hydrogen-bond acceptors (Lipinski definition) is 11. The van der Waals surface area contributed by atoms with Crippen molar-refractivity contribution < 1.29 is 27.0 Å². The van der Waals surface area contributed by atoms with Crippen LogP contribution >= 0.6 is 11.6 Å². The van der Waals surface area contributed by atoms with E-state index in [1.807, 2.05) is 11.6 Å². The predicted molar refractivity (Wildman–Crippen MR) is 162 cm³/mol. The van der Waals surface area contributed by atoms with Gasteiger partial charge in [0.2, 0.25) is 0 Å². The van der Waals surface area contributed by atoms with E-state index < -0.39 is 45.4 Å². The Morgan fingerprint density at radius 1 is 1.11 bits per heavy atom. The predicted octanol–water partition coefficient (Wildman–Crippen LogP) is 5.08. The highest BCUT2D eigenvalue weighted by atomic mass is 35.5. The van der Waals surface area contributed by atoms with Gasteiger partial charge >= 0.3 is 12.2 Å². The minimum atomic E-state index is -4.92. The first kappa shape index (κ1) is 31.0. The van der Waals surface area contributed by atoms with Gasteiger partial charge in [-0.15, -0.1) is 0 Å². The molecule has 1 aromatic carbocycles. The van der Waals surface area contributed by atoms with Crippen molar-refractivity contribution in [1.29, 1.82) is 0 Å². The van der Waals surface area contributed by atoms with E-state index in [2.05, 4.69) is 29.9 Å². The fourth-order valence-corrected chi connectivity index (χ4v) is 5.84. The van der Waals surface area contributed by atoms with Gasteiger partial charge in [-0.1, -0.05) is 11.6 Å². The summed E-state index contributed by atoms with van der Waals surface area (Å²) < 4.78 is 73.5. The van der Waals surface area contributed by atoms with Crippen LogP contribution < -0.4 is 25.8 Å². The summed E-state index contributed by atoms with van der Waals surface area (Å²) in [5, 5.41) is -0.432. The van der Waals surface area contributed by atoms with Crippen LogP contribution in [0.4, 0.5) is 35.0 Å². The minimum Gasteiger partial charge on any atom is -0.489 e. The van der Waals surface area contributed by atoms with E-state index in [1.165, 1.54) is 19.3 Å². The van der Waals surface area contributed by atoms with E-state index in [0.29, 0.717) is 17.9 Å². The number of rotatable bonds is 7. The number of ether oxygens (including phenoxy) is 2. The summed E-state index contributed by atoms with van der Waals surface area (Å²) in [6.45, 7) is 3.20. The van der Waals surface area contributed by atoms with Gasteiger partial charge in [-0.05, 0) is 25.5 Å². The highest BCUT2D eigenvalue weighted by molar-refractivity contribution is 6.36. The second-order valence-corrected chi connectivity index (χ2v) is 10.9. The van der Waals surface area contributed by atoms with E-state index in [-0.39, 0.29) is 59.9 Å². The number of pyridine rings is 1. The lowest BCUT2D eigenvalue weighted by molar-refractivity contribution is -0.137. The van der Waals surface area contributed by atoms with Crippen LogP contribution in [0.5, 0.6) is 11.8 Å². The molecular weight excluding hydrogens is 632 g/mol. The summed E-state index contributed by atoms with van der Waals surface area (Å²) in [4.78, 5) is 27.3. The molecule has 1 aliphatic rings. The number of alkyl halides is 3. The van der Waals surface area contributed by atoms with Gasteiger partial charge in [0, 0.05) is 38.3 Å². The molecule has 5 heterocycles. The average Bonchev–Trinajstić information content (AvgIpc) is 3.29. The Morgan fingerprint density at radius 3 is 2.57 bits per heavy atom. The number of anilines is 3. The summed E-state index contributed by atoms with van der Waals surface area (Å²) in [7, 11) is 1.82. The van der Waals surface area contributed by atoms with Crippen LogP contribution in [0.1, 0.15) is 35.6 Å². The Hall–Kier alpha value is -4.99. The van der Waals surface area contributed by atoms with Gasteiger partial charge in [0.05, 0.1) is 46.4 Å². The molecule has 0 amide bonds. The van der Waals surface area contributed by atoms with Crippen LogP contribution in [0.3, 0.4) is 0 Å². The number of hydrogen-bond donors (Lipinski definition) is 2. The van der Waals surface area contributed by atoms with Crippen LogP contribution in [0, 0.1) is 12.7 Å². The van der Waals surface area contributed by atoms with Crippen LogP contribution in [-0.2, 0) is 19.6 Å². The molecule has 46 heavy (non-hydrogen) atoms. The van der Waals surface area contributed by atoms with Gasteiger partial charge in [-0.2, -0.15) is 23.1 Å². The Balaban J connectivity index is 1.59. The van der Waals surface area contributed by atoms with Crippen molar-refractivity contribution in [2.45, 2.75) is 32.5 Å². The molecule has 4 N–H and O–H groups in total. The van der Waals surface area contributed by atoms with Crippen molar-refractivity contribution in [3.05, 3.63) is 64.3 Å². The van der Waals surface area contributed by atoms with Crippen molar-refractivity contribution in [2.24, 2.45) is 7.05 Å². The highest BCUT2D eigenvalue weighted by Crippen LogP contribution is 2.50. The maximum Gasteiger partial charge on any atom is 0.418 e. The zero-order valence-electron chi connectivity index (χ0n) is 24.7. The molecule has 0 saturated heterocycles. The smallest absolute Gasteiger partial charge is 0.418 e. The summed E-state index contributed by atoms with van der Waals surface area (Å²) >= 11 is 6.73. The fourth-order valence-electron chi connectivity index (χ4n) is 5.52. The number of imidazole rings is 1. The first-order valence-electron chi connectivity index (χ1n) is 14.0. The molecule has 0 unspecified atom stereocenters. The molecule has 0 saturated carbocycles. The largest absolute Gasteiger partial charge is 0.489 e. The van der Waals surface area contributed by atoms with Crippen LogP contribution in [0.2, 0.25) is 5.02 Å². The lowest BCUT2D eigenvalue weighted by atomic mass is 9.98. The zero-order valence-corrected chi connectivity index (χ0v) is 25.5. The second kappa shape index (κ2) is 11.7. The standard InChI is InChI=1S/C29H27ClF4N10O2/c1-13-12-15(35)40-23(19(13)29(32,33)34)17-20(30)25-18-24(21(17)31)41-28(46-10-4-16-37-7-8-43(16)3)42-27(18)44(9-11-45-25)14(2)22-26(36)39-6-5-38-22/h5-8,12,14H,4,9-11H2,1-3H3,(H2,35,40)(H2,36,39)/t14-/m1/s1. The Kier molecular flexibility index (Phi) is 7.92. The van der Waals surface area contributed by atoms with E-state index in [4.69, 9.17) is 32.5 Å². The van der Waals surface area contributed by atoms with Gasteiger partial charge in [0.25, 0.3) is 0 Å². The van der Waals surface area contributed by atoms with Crippen molar-refractivity contribution >= 4 is 40.0 Å². The summed E-state index contributed by atoms with van der Waals surface area (Å²) in [6, 6.07) is 0.239. The van der Waals surface area contributed by atoms with E-state index in [1.54, 1.807) is 24.2 Å². The second-order valence-electron chi connectivity index (χ2n) is 10.6. The van der Waals surface area contributed by atoms with Gasteiger partial charge in [0.1, 0.15) is 41.1 Å². The SMILES string of the molecule is Cc1cc(N)nc(-c2c(Cl)c3c4c(nc(OCCc5nccn5C)nc4c2F)N([C@H](C)c2nccnc2N)CCO3)c1C(F)(F)F.